The largest absolute Gasteiger partial charge is 0.332 e. The van der Waals surface area contributed by atoms with Crippen molar-refractivity contribution in [3.8, 4) is 0 Å². The quantitative estimate of drug-likeness (QED) is 0.754. The SMILES string of the molecule is CCCCCS(=O)(=O)CC(=O)N1CCNCC1c1cccnc1. The van der Waals surface area contributed by atoms with Gasteiger partial charge < -0.3 is 10.2 Å². The van der Waals surface area contributed by atoms with E-state index in [-0.39, 0.29) is 17.7 Å². The van der Waals surface area contributed by atoms with Crippen molar-refractivity contribution in [3.63, 3.8) is 0 Å². The van der Waals surface area contributed by atoms with Crippen molar-refractivity contribution in [2.45, 2.75) is 32.2 Å². The van der Waals surface area contributed by atoms with Crippen LogP contribution >= 0.6 is 0 Å². The van der Waals surface area contributed by atoms with Gasteiger partial charge in [-0.05, 0) is 18.1 Å². The summed E-state index contributed by atoms with van der Waals surface area (Å²) in [7, 11) is -3.34. The van der Waals surface area contributed by atoms with Gasteiger partial charge in [0.1, 0.15) is 5.75 Å². The highest BCUT2D eigenvalue weighted by molar-refractivity contribution is 7.92. The Balaban J connectivity index is 2.04. The summed E-state index contributed by atoms with van der Waals surface area (Å²) in [6.45, 7) is 3.84. The maximum Gasteiger partial charge on any atom is 0.238 e. The molecule has 2 rings (SSSR count). The zero-order valence-corrected chi connectivity index (χ0v) is 14.4. The van der Waals surface area contributed by atoms with Gasteiger partial charge in [0.25, 0.3) is 0 Å². The van der Waals surface area contributed by atoms with E-state index >= 15 is 0 Å². The molecule has 1 aromatic rings. The summed E-state index contributed by atoms with van der Waals surface area (Å²) < 4.78 is 24.3. The fraction of sp³-hybridized carbons (Fsp3) is 0.625. The van der Waals surface area contributed by atoms with E-state index in [9.17, 15) is 13.2 Å². The van der Waals surface area contributed by atoms with Crippen LogP contribution in [0.15, 0.2) is 24.5 Å². The van der Waals surface area contributed by atoms with Crippen molar-refractivity contribution >= 4 is 15.7 Å². The van der Waals surface area contributed by atoms with Crippen LogP contribution in [0.4, 0.5) is 0 Å². The molecule has 1 atom stereocenters. The van der Waals surface area contributed by atoms with Gasteiger partial charge in [-0.25, -0.2) is 8.42 Å². The first kappa shape index (κ1) is 17.9. The van der Waals surface area contributed by atoms with Gasteiger partial charge in [-0.1, -0.05) is 25.8 Å². The second kappa shape index (κ2) is 8.40. The van der Waals surface area contributed by atoms with Gasteiger partial charge in [0.2, 0.25) is 5.91 Å². The minimum Gasteiger partial charge on any atom is -0.332 e. The third kappa shape index (κ3) is 5.28. The van der Waals surface area contributed by atoms with Crippen LogP contribution < -0.4 is 5.32 Å². The van der Waals surface area contributed by atoms with Crippen LogP contribution in [0.3, 0.4) is 0 Å². The second-order valence-corrected chi connectivity index (χ2v) is 8.08. The zero-order valence-electron chi connectivity index (χ0n) is 13.6. The molecule has 0 radical (unpaired) electrons. The molecule has 0 saturated carbocycles. The molecule has 0 spiro atoms. The molecule has 0 aromatic carbocycles. The van der Waals surface area contributed by atoms with Crippen LogP contribution in [-0.4, -0.2) is 55.3 Å². The van der Waals surface area contributed by atoms with Gasteiger partial charge in [0.05, 0.1) is 11.8 Å². The number of carbonyl (C=O) groups is 1. The van der Waals surface area contributed by atoms with E-state index in [0.29, 0.717) is 26.1 Å². The van der Waals surface area contributed by atoms with Crippen molar-refractivity contribution < 1.29 is 13.2 Å². The van der Waals surface area contributed by atoms with E-state index in [1.54, 1.807) is 17.3 Å². The highest BCUT2D eigenvalue weighted by Gasteiger charge is 2.30. The number of amides is 1. The monoisotopic (exact) mass is 339 g/mol. The maximum atomic E-state index is 12.5. The molecule has 128 valence electrons. The zero-order chi connectivity index (χ0) is 16.7. The van der Waals surface area contributed by atoms with Gasteiger partial charge in [-0.3, -0.25) is 9.78 Å². The minimum absolute atomic E-state index is 0.0935. The standard InChI is InChI=1S/C16H25N3O3S/c1-2-3-4-10-23(21,22)13-16(20)19-9-8-18-12-15(19)14-6-5-7-17-11-14/h5-7,11,15,18H,2-4,8-10,12-13H2,1H3. The molecule has 0 aliphatic carbocycles. The number of hydrogen-bond acceptors (Lipinski definition) is 5. The van der Waals surface area contributed by atoms with Crippen molar-refractivity contribution in [2.75, 3.05) is 31.1 Å². The lowest BCUT2D eigenvalue weighted by molar-refractivity contribution is -0.131. The van der Waals surface area contributed by atoms with Gasteiger partial charge in [-0.15, -0.1) is 0 Å². The number of unbranched alkanes of at least 4 members (excludes halogenated alkanes) is 2. The molecule has 1 aromatic heterocycles. The Morgan fingerprint density at radius 1 is 1.43 bits per heavy atom. The average Bonchev–Trinajstić information content (AvgIpc) is 2.55. The number of nitrogens with one attached hydrogen (secondary N) is 1. The summed E-state index contributed by atoms with van der Waals surface area (Å²) in [5.74, 6) is -0.610. The molecular weight excluding hydrogens is 314 g/mol. The lowest BCUT2D eigenvalue weighted by Crippen LogP contribution is -2.50. The topological polar surface area (TPSA) is 79.4 Å². The number of aromatic nitrogens is 1. The van der Waals surface area contributed by atoms with Crippen LogP contribution in [0.25, 0.3) is 0 Å². The molecule has 1 N–H and O–H groups in total. The van der Waals surface area contributed by atoms with Crippen LogP contribution in [0.2, 0.25) is 0 Å². The number of sulfone groups is 1. The van der Waals surface area contributed by atoms with Gasteiger partial charge in [0.15, 0.2) is 9.84 Å². The normalized spacial score (nSPS) is 18.8. The third-order valence-corrected chi connectivity index (χ3v) is 5.63. The lowest BCUT2D eigenvalue weighted by Gasteiger charge is -2.36. The Kier molecular flexibility index (Phi) is 6.53. The minimum atomic E-state index is -3.34. The number of rotatable bonds is 7. The number of hydrogen-bond donors (Lipinski definition) is 1. The molecule has 1 unspecified atom stereocenters. The Morgan fingerprint density at radius 3 is 2.96 bits per heavy atom. The molecule has 1 fully saturated rings. The van der Waals surface area contributed by atoms with E-state index in [2.05, 4.69) is 10.3 Å². The van der Waals surface area contributed by atoms with Gasteiger partial charge in [0, 0.05) is 32.0 Å². The first-order chi connectivity index (χ1) is 11.0. The molecule has 2 heterocycles. The number of pyridine rings is 1. The molecule has 23 heavy (non-hydrogen) atoms. The van der Waals surface area contributed by atoms with Crippen molar-refractivity contribution in [3.05, 3.63) is 30.1 Å². The Morgan fingerprint density at radius 2 is 2.26 bits per heavy atom. The molecule has 6 nitrogen and oxygen atoms in total. The van der Waals surface area contributed by atoms with E-state index in [1.807, 2.05) is 19.1 Å². The van der Waals surface area contributed by atoms with Crippen LogP contribution in [0.5, 0.6) is 0 Å². The summed E-state index contributed by atoms with van der Waals surface area (Å²) in [6.07, 6.45) is 5.88. The fourth-order valence-electron chi connectivity index (χ4n) is 2.79. The molecule has 0 bridgehead atoms. The lowest BCUT2D eigenvalue weighted by atomic mass is 10.1. The van der Waals surface area contributed by atoms with E-state index in [0.717, 1.165) is 18.4 Å². The molecule has 1 aliphatic rings. The van der Waals surface area contributed by atoms with Crippen LogP contribution in [0.1, 0.15) is 37.8 Å². The first-order valence-electron chi connectivity index (χ1n) is 8.14. The summed E-state index contributed by atoms with van der Waals surface area (Å²) in [4.78, 5) is 18.3. The fourth-order valence-corrected chi connectivity index (χ4v) is 4.12. The highest BCUT2D eigenvalue weighted by atomic mass is 32.2. The third-order valence-electron chi connectivity index (χ3n) is 4.04. The number of carbonyl (C=O) groups excluding carboxylic acids is 1. The van der Waals surface area contributed by atoms with Crippen LogP contribution in [-0.2, 0) is 14.6 Å². The van der Waals surface area contributed by atoms with Gasteiger partial charge in [-0.2, -0.15) is 0 Å². The van der Waals surface area contributed by atoms with Crippen molar-refractivity contribution in [1.82, 2.24) is 15.2 Å². The predicted molar refractivity (Wildman–Crippen MR) is 89.7 cm³/mol. The summed E-state index contributed by atoms with van der Waals surface area (Å²) in [5, 5.41) is 3.25. The summed E-state index contributed by atoms with van der Waals surface area (Å²) in [5.41, 5.74) is 0.927. The Labute approximate surface area is 138 Å². The van der Waals surface area contributed by atoms with E-state index in [4.69, 9.17) is 0 Å². The Hall–Kier alpha value is -1.47. The first-order valence-corrected chi connectivity index (χ1v) is 9.96. The summed E-state index contributed by atoms with van der Waals surface area (Å²) in [6, 6.07) is 3.59. The average molecular weight is 339 g/mol. The molecule has 1 saturated heterocycles. The van der Waals surface area contributed by atoms with Crippen molar-refractivity contribution in [1.29, 1.82) is 0 Å². The molecular formula is C16H25N3O3S. The second-order valence-electron chi connectivity index (χ2n) is 5.89. The molecule has 1 aliphatic heterocycles. The molecule has 1 amide bonds. The maximum absolute atomic E-state index is 12.5. The number of nitrogens with zero attached hydrogens (tertiary/aromatic N) is 2. The van der Waals surface area contributed by atoms with Gasteiger partial charge >= 0.3 is 0 Å². The molecule has 7 heteroatoms. The highest BCUT2D eigenvalue weighted by Crippen LogP contribution is 2.21. The summed E-state index contributed by atoms with van der Waals surface area (Å²) >= 11 is 0. The Bertz CT molecular complexity index is 604. The van der Waals surface area contributed by atoms with E-state index < -0.39 is 15.6 Å². The van der Waals surface area contributed by atoms with Crippen LogP contribution in [0, 0.1) is 0 Å². The smallest absolute Gasteiger partial charge is 0.238 e. The van der Waals surface area contributed by atoms with Crippen molar-refractivity contribution in [2.24, 2.45) is 0 Å². The number of piperazine rings is 1. The predicted octanol–water partition coefficient (Wildman–Crippen LogP) is 1.16. The van der Waals surface area contributed by atoms with E-state index in [1.165, 1.54) is 0 Å².